The van der Waals surface area contributed by atoms with Gasteiger partial charge in [0.15, 0.2) is 5.96 Å². The maximum absolute atomic E-state index is 11.3. The molecule has 0 radical (unpaired) electrons. The number of carbonyl (C=O) groups is 1. The number of ether oxygens (including phenoxy) is 1. The average molecular weight is 406 g/mol. The summed E-state index contributed by atoms with van der Waals surface area (Å²) in [6, 6.07) is 7.39. The number of hydrogen-bond donors (Lipinski definition) is 3. The summed E-state index contributed by atoms with van der Waals surface area (Å²) >= 11 is 0. The molecular formula is C14H23IN4O2. The number of nitrogens with one attached hydrogen (secondary N) is 2. The first-order valence-electron chi connectivity index (χ1n) is 6.51. The van der Waals surface area contributed by atoms with Crippen LogP contribution in [0.4, 0.5) is 5.69 Å². The van der Waals surface area contributed by atoms with E-state index in [1.54, 1.807) is 7.11 Å². The summed E-state index contributed by atoms with van der Waals surface area (Å²) in [5.74, 6) is 1.04. The molecule has 1 aromatic rings. The van der Waals surface area contributed by atoms with Crippen molar-refractivity contribution >= 4 is 41.5 Å². The monoisotopic (exact) mass is 406 g/mol. The van der Waals surface area contributed by atoms with Crippen LogP contribution in [0.2, 0.25) is 0 Å². The molecule has 6 nitrogen and oxygen atoms in total. The summed E-state index contributed by atoms with van der Waals surface area (Å²) in [6.45, 7) is 4.59. The minimum Gasteiger partial charge on any atom is -0.497 e. The highest BCUT2D eigenvalue weighted by atomic mass is 127. The Kier molecular flexibility index (Phi) is 9.51. The summed E-state index contributed by atoms with van der Waals surface area (Å²) in [6.07, 6.45) is 0. The first-order chi connectivity index (χ1) is 9.52. The molecule has 0 aliphatic rings. The molecule has 0 atom stereocenters. The van der Waals surface area contributed by atoms with E-state index in [1.165, 1.54) is 0 Å². The molecule has 0 bridgehead atoms. The summed E-state index contributed by atoms with van der Waals surface area (Å²) in [5.41, 5.74) is 6.56. The average Bonchev–Trinajstić information content (AvgIpc) is 2.43. The lowest BCUT2D eigenvalue weighted by atomic mass is 10.2. The van der Waals surface area contributed by atoms with Gasteiger partial charge < -0.3 is 21.1 Å². The number of hydrogen-bond acceptors (Lipinski definition) is 3. The number of amides is 1. The number of rotatable bonds is 6. The third kappa shape index (κ3) is 7.74. The van der Waals surface area contributed by atoms with Crippen molar-refractivity contribution < 1.29 is 9.53 Å². The fraction of sp³-hybridized carbons (Fsp3) is 0.429. The predicted octanol–water partition coefficient (Wildman–Crippen LogP) is 1.81. The minimum absolute atomic E-state index is 0. The summed E-state index contributed by atoms with van der Waals surface area (Å²) in [7, 11) is 1.61. The highest BCUT2D eigenvalue weighted by molar-refractivity contribution is 14.0. The van der Waals surface area contributed by atoms with Gasteiger partial charge in [-0.05, 0) is 12.1 Å². The third-order valence-corrected chi connectivity index (χ3v) is 2.56. The second-order valence-electron chi connectivity index (χ2n) is 4.57. The number of aliphatic imine (C=N–C) groups is 1. The molecule has 1 rings (SSSR count). The number of methoxy groups -OCH3 is 1. The van der Waals surface area contributed by atoms with Gasteiger partial charge in [0.2, 0.25) is 5.91 Å². The van der Waals surface area contributed by atoms with Crippen LogP contribution in [-0.2, 0) is 4.79 Å². The van der Waals surface area contributed by atoms with E-state index < -0.39 is 0 Å². The Hall–Kier alpha value is -1.51. The minimum atomic E-state index is -0.0220. The van der Waals surface area contributed by atoms with Crippen LogP contribution in [0.5, 0.6) is 5.75 Å². The summed E-state index contributed by atoms with van der Waals surface area (Å²) < 4.78 is 5.12. The highest BCUT2D eigenvalue weighted by Crippen LogP contribution is 2.16. The van der Waals surface area contributed by atoms with Crippen LogP contribution in [0.3, 0.4) is 0 Å². The normalized spacial score (nSPS) is 10.8. The second kappa shape index (κ2) is 10.3. The summed E-state index contributed by atoms with van der Waals surface area (Å²) in [4.78, 5) is 15.5. The van der Waals surface area contributed by atoms with Gasteiger partial charge in [0.05, 0.1) is 13.7 Å². The van der Waals surface area contributed by atoms with Gasteiger partial charge in [-0.25, -0.2) is 0 Å². The number of carbonyl (C=O) groups excluding carboxylic acids is 1. The number of benzene rings is 1. The Bertz CT molecular complexity index is 478. The van der Waals surface area contributed by atoms with Crippen molar-refractivity contribution in [3.63, 3.8) is 0 Å². The molecule has 0 fully saturated rings. The molecule has 0 heterocycles. The molecule has 0 unspecified atom stereocenters. The van der Waals surface area contributed by atoms with Crippen molar-refractivity contribution in [1.82, 2.24) is 5.32 Å². The van der Waals surface area contributed by atoms with Crippen molar-refractivity contribution in [2.24, 2.45) is 16.6 Å². The largest absolute Gasteiger partial charge is 0.497 e. The van der Waals surface area contributed by atoms with Gasteiger partial charge in [0, 0.05) is 24.2 Å². The number of nitrogens with zero attached hydrogens (tertiary/aromatic N) is 1. The van der Waals surface area contributed by atoms with Crippen LogP contribution in [0.25, 0.3) is 0 Å². The van der Waals surface area contributed by atoms with Crippen molar-refractivity contribution in [3.8, 4) is 5.75 Å². The quantitative estimate of drug-likeness (QED) is 0.291. The lowest BCUT2D eigenvalue weighted by Crippen LogP contribution is -2.31. The molecule has 1 aromatic carbocycles. The zero-order chi connectivity index (χ0) is 15.0. The number of guanidine groups is 1. The van der Waals surface area contributed by atoms with Crippen LogP contribution in [0, 0.1) is 5.92 Å². The number of halogens is 1. The van der Waals surface area contributed by atoms with Gasteiger partial charge in [-0.15, -0.1) is 24.0 Å². The molecule has 0 saturated carbocycles. The van der Waals surface area contributed by atoms with E-state index >= 15 is 0 Å². The van der Waals surface area contributed by atoms with Crippen LogP contribution >= 0.6 is 24.0 Å². The van der Waals surface area contributed by atoms with E-state index in [1.807, 2.05) is 38.1 Å². The Labute approximate surface area is 142 Å². The number of anilines is 1. The Morgan fingerprint density at radius 2 is 2.14 bits per heavy atom. The first-order valence-corrected chi connectivity index (χ1v) is 6.51. The molecule has 0 aliphatic heterocycles. The smallest absolute Gasteiger partial charge is 0.222 e. The van der Waals surface area contributed by atoms with Gasteiger partial charge >= 0.3 is 0 Å². The molecule has 0 aliphatic carbocycles. The second-order valence-corrected chi connectivity index (χ2v) is 4.57. The molecule has 21 heavy (non-hydrogen) atoms. The Morgan fingerprint density at radius 1 is 1.43 bits per heavy atom. The molecule has 1 amide bonds. The first kappa shape index (κ1) is 19.5. The molecule has 118 valence electrons. The maximum atomic E-state index is 11.3. The zero-order valence-electron chi connectivity index (χ0n) is 12.6. The molecule has 0 saturated heterocycles. The lowest BCUT2D eigenvalue weighted by Gasteiger charge is -2.08. The van der Waals surface area contributed by atoms with Crippen molar-refractivity contribution in [2.75, 3.05) is 25.5 Å². The van der Waals surface area contributed by atoms with E-state index in [0.717, 1.165) is 11.4 Å². The Balaban J connectivity index is 0.00000400. The lowest BCUT2D eigenvalue weighted by molar-refractivity contribution is -0.123. The molecule has 0 aromatic heterocycles. The third-order valence-electron chi connectivity index (χ3n) is 2.56. The maximum Gasteiger partial charge on any atom is 0.222 e. The molecule has 0 spiro atoms. The van der Waals surface area contributed by atoms with Crippen LogP contribution < -0.4 is 21.1 Å². The standard InChI is InChI=1S/C14H22N4O2.HI/c1-10(2)13(19)16-7-8-17-14(15)18-11-5-4-6-12(9-11)20-3;/h4-6,9-10H,7-8H2,1-3H3,(H,16,19)(H3,15,17,18);1H. The topological polar surface area (TPSA) is 88.7 Å². The van der Waals surface area contributed by atoms with Crippen LogP contribution in [-0.4, -0.2) is 32.1 Å². The zero-order valence-corrected chi connectivity index (χ0v) is 14.9. The van der Waals surface area contributed by atoms with Crippen molar-refractivity contribution in [1.29, 1.82) is 0 Å². The predicted molar refractivity (Wildman–Crippen MR) is 96.4 cm³/mol. The highest BCUT2D eigenvalue weighted by Gasteiger charge is 2.04. The molecule has 7 heteroatoms. The van der Waals surface area contributed by atoms with Crippen LogP contribution in [0.1, 0.15) is 13.8 Å². The SMILES string of the molecule is COc1cccc(NC(N)=NCCNC(=O)C(C)C)c1.I. The van der Waals surface area contributed by atoms with Gasteiger partial charge in [-0.1, -0.05) is 19.9 Å². The van der Waals surface area contributed by atoms with Crippen molar-refractivity contribution in [2.45, 2.75) is 13.8 Å². The van der Waals surface area contributed by atoms with E-state index in [2.05, 4.69) is 15.6 Å². The van der Waals surface area contributed by atoms with E-state index in [0.29, 0.717) is 19.0 Å². The van der Waals surface area contributed by atoms with Crippen molar-refractivity contribution in [3.05, 3.63) is 24.3 Å². The summed E-state index contributed by atoms with van der Waals surface area (Å²) in [5, 5.41) is 5.73. The fourth-order valence-corrected chi connectivity index (χ4v) is 1.45. The van der Waals surface area contributed by atoms with Gasteiger partial charge in [-0.2, -0.15) is 0 Å². The molecule has 4 N–H and O–H groups in total. The van der Waals surface area contributed by atoms with Gasteiger partial charge in [0.1, 0.15) is 5.75 Å². The number of nitrogens with two attached hydrogens (primary N) is 1. The van der Waals surface area contributed by atoms with E-state index in [4.69, 9.17) is 10.5 Å². The molecular weight excluding hydrogens is 383 g/mol. The fourth-order valence-electron chi connectivity index (χ4n) is 1.45. The van der Waals surface area contributed by atoms with Gasteiger partial charge in [0.25, 0.3) is 0 Å². The van der Waals surface area contributed by atoms with E-state index in [-0.39, 0.29) is 35.8 Å². The van der Waals surface area contributed by atoms with Gasteiger partial charge in [-0.3, -0.25) is 9.79 Å². The van der Waals surface area contributed by atoms with Crippen LogP contribution in [0.15, 0.2) is 29.3 Å². The Morgan fingerprint density at radius 3 is 2.76 bits per heavy atom. The van der Waals surface area contributed by atoms with E-state index in [9.17, 15) is 4.79 Å².